The van der Waals surface area contributed by atoms with E-state index in [0.29, 0.717) is 0 Å². The highest BCUT2D eigenvalue weighted by atomic mass is 35.5. The van der Waals surface area contributed by atoms with Crippen LogP contribution in [0.5, 0.6) is 0 Å². The Morgan fingerprint density at radius 3 is 2.64 bits per heavy atom. The summed E-state index contributed by atoms with van der Waals surface area (Å²) in [6, 6.07) is 4.95. The van der Waals surface area contributed by atoms with Gasteiger partial charge in [0.25, 0.3) is 5.69 Å². The molecule has 0 unspecified atom stereocenters. The van der Waals surface area contributed by atoms with Crippen molar-refractivity contribution in [2.45, 2.75) is 0 Å². The molecule has 0 N–H and O–H groups in total. The fraction of sp³-hybridized carbons (Fsp3) is 0. The van der Waals surface area contributed by atoms with Crippen LogP contribution in [0.25, 0.3) is 0 Å². The number of halogens is 2. The van der Waals surface area contributed by atoms with Crippen LogP contribution in [0.3, 0.4) is 0 Å². The first-order valence-electron chi connectivity index (χ1n) is 2.62. The predicted octanol–water partition coefficient (Wildman–Crippen LogP) is 2.70. The molecular weight excluding hydrogens is 189 g/mol. The van der Waals surface area contributed by atoms with Crippen molar-refractivity contribution in [2.24, 2.45) is 0 Å². The fourth-order valence-corrected chi connectivity index (χ4v) is 0.913. The van der Waals surface area contributed by atoms with E-state index in [-0.39, 0.29) is 15.7 Å². The van der Waals surface area contributed by atoms with Crippen LogP contribution in [0.2, 0.25) is 10.0 Å². The third-order valence-electron chi connectivity index (χ3n) is 1.04. The normalized spacial score (nSPS) is 9.64. The third-order valence-corrected chi connectivity index (χ3v) is 1.56. The molecule has 11 heavy (non-hydrogen) atoms. The van der Waals surface area contributed by atoms with Crippen molar-refractivity contribution in [3.63, 3.8) is 0 Å². The van der Waals surface area contributed by atoms with E-state index in [9.17, 15) is 10.1 Å². The molecule has 5 heteroatoms. The minimum Gasteiger partial charge on any atom is -0.258 e. The van der Waals surface area contributed by atoms with Crippen molar-refractivity contribution in [3.8, 4) is 0 Å². The smallest absolute Gasteiger partial charge is 0.258 e. The van der Waals surface area contributed by atoms with Crippen LogP contribution in [0.15, 0.2) is 12.1 Å². The Balaban J connectivity index is 3.23. The average Bonchev–Trinajstić information content (AvgIpc) is 1.94. The van der Waals surface area contributed by atoms with Gasteiger partial charge in [0.05, 0.1) is 9.95 Å². The Morgan fingerprint density at radius 1 is 1.55 bits per heavy atom. The molecule has 0 aliphatic carbocycles. The topological polar surface area (TPSA) is 43.1 Å². The Kier molecular flexibility index (Phi) is 2.31. The Morgan fingerprint density at radius 2 is 2.18 bits per heavy atom. The van der Waals surface area contributed by atoms with Crippen LogP contribution in [0.1, 0.15) is 0 Å². The molecular formula is C6H2Cl2NO2. The molecule has 0 aliphatic rings. The monoisotopic (exact) mass is 190 g/mol. The summed E-state index contributed by atoms with van der Waals surface area (Å²) in [5.74, 6) is 0. The zero-order chi connectivity index (χ0) is 8.43. The van der Waals surface area contributed by atoms with Gasteiger partial charge in [-0.25, -0.2) is 0 Å². The van der Waals surface area contributed by atoms with E-state index in [0.717, 1.165) is 6.07 Å². The second-order valence-electron chi connectivity index (χ2n) is 1.77. The third kappa shape index (κ3) is 1.82. The minimum absolute atomic E-state index is 0.0411. The first-order valence-corrected chi connectivity index (χ1v) is 3.38. The lowest BCUT2D eigenvalue weighted by atomic mass is 10.3. The van der Waals surface area contributed by atoms with E-state index >= 15 is 0 Å². The summed E-state index contributed by atoms with van der Waals surface area (Å²) in [7, 11) is 0. The lowest BCUT2D eigenvalue weighted by molar-refractivity contribution is -0.384. The van der Waals surface area contributed by atoms with Gasteiger partial charge in [0.1, 0.15) is 5.02 Å². The van der Waals surface area contributed by atoms with Crippen LogP contribution >= 0.6 is 23.2 Å². The SMILES string of the molecule is O=[N+]([O-])c1cc(Cl)[c]cc1Cl. The second-order valence-corrected chi connectivity index (χ2v) is 2.59. The summed E-state index contributed by atoms with van der Waals surface area (Å²) < 4.78 is 0. The van der Waals surface area contributed by atoms with E-state index in [1.54, 1.807) is 0 Å². The minimum atomic E-state index is -0.595. The number of nitro groups is 1. The van der Waals surface area contributed by atoms with Crippen LogP contribution in [0.4, 0.5) is 5.69 Å². The number of hydrogen-bond acceptors (Lipinski definition) is 2. The van der Waals surface area contributed by atoms with Gasteiger partial charge in [0, 0.05) is 12.1 Å². The molecule has 0 saturated carbocycles. The molecule has 1 radical (unpaired) electrons. The molecule has 0 heterocycles. The standard InChI is InChI=1S/C6H2Cl2NO2/c7-4-1-2-5(8)6(3-4)9(10)11/h2-3H. The molecule has 1 rings (SSSR count). The summed E-state index contributed by atoms with van der Waals surface area (Å²) in [4.78, 5) is 9.63. The van der Waals surface area contributed by atoms with E-state index in [2.05, 4.69) is 6.07 Å². The molecule has 0 amide bonds. The van der Waals surface area contributed by atoms with Crippen molar-refractivity contribution >= 4 is 28.9 Å². The largest absolute Gasteiger partial charge is 0.289 e. The molecule has 0 saturated heterocycles. The molecule has 0 bridgehead atoms. The lowest BCUT2D eigenvalue weighted by Gasteiger charge is -1.93. The quantitative estimate of drug-likeness (QED) is 0.505. The van der Waals surface area contributed by atoms with Gasteiger partial charge in [-0.1, -0.05) is 23.2 Å². The van der Waals surface area contributed by atoms with Gasteiger partial charge in [-0.2, -0.15) is 0 Å². The summed E-state index contributed by atoms with van der Waals surface area (Å²) in [5.41, 5.74) is -0.199. The van der Waals surface area contributed by atoms with Gasteiger partial charge < -0.3 is 0 Å². The maximum absolute atomic E-state index is 10.2. The van der Waals surface area contributed by atoms with Crippen LogP contribution < -0.4 is 0 Å². The highest BCUT2D eigenvalue weighted by Crippen LogP contribution is 2.26. The molecule has 0 aliphatic heterocycles. The van der Waals surface area contributed by atoms with Crippen LogP contribution in [-0.4, -0.2) is 4.92 Å². The first kappa shape index (κ1) is 8.30. The molecule has 1 aromatic rings. The summed E-state index contributed by atoms with van der Waals surface area (Å²) in [6.45, 7) is 0. The first-order chi connectivity index (χ1) is 5.11. The van der Waals surface area contributed by atoms with Gasteiger partial charge in [-0.05, 0) is 6.07 Å². The van der Waals surface area contributed by atoms with E-state index in [1.165, 1.54) is 6.07 Å². The second kappa shape index (κ2) is 3.07. The van der Waals surface area contributed by atoms with E-state index < -0.39 is 4.92 Å². The van der Waals surface area contributed by atoms with Gasteiger partial charge in [0.2, 0.25) is 0 Å². The summed E-state index contributed by atoms with van der Waals surface area (Å²) in [6.07, 6.45) is 0. The van der Waals surface area contributed by atoms with Gasteiger partial charge in [0.15, 0.2) is 0 Å². The Labute approximate surface area is 72.7 Å². The van der Waals surface area contributed by atoms with Crippen LogP contribution in [0, 0.1) is 16.2 Å². The van der Waals surface area contributed by atoms with Crippen molar-refractivity contribution in [1.82, 2.24) is 0 Å². The summed E-state index contributed by atoms with van der Waals surface area (Å²) in [5, 5.41) is 10.4. The fourth-order valence-electron chi connectivity index (χ4n) is 0.577. The molecule has 3 nitrogen and oxygen atoms in total. The number of benzene rings is 1. The predicted molar refractivity (Wildman–Crippen MR) is 42.0 cm³/mol. The lowest BCUT2D eigenvalue weighted by Crippen LogP contribution is -1.88. The average molecular weight is 191 g/mol. The van der Waals surface area contributed by atoms with Crippen molar-refractivity contribution in [3.05, 3.63) is 38.4 Å². The van der Waals surface area contributed by atoms with E-state index in [4.69, 9.17) is 23.2 Å². The zero-order valence-corrected chi connectivity index (χ0v) is 6.69. The molecule has 0 spiro atoms. The molecule has 0 aromatic heterocycles. The van der Waals surface area contributed by atoms with Crippen molar-refractivity contribution < 1.29 is 4.92 Å². The molecule has 0 fully saturated rings. The Hall–Kier alpha value is -0.800. The van der Waals surface area contributed by atoms with Crippen molar-refractivity contribution in [1.29, 1.82) is 0 Å². The zero-order valence-electron chi connectivity index (χ0n) is 5.17. The molecule has 57 valence electrons. The van der Waals surface area contributed by atoms with Crippen molar-refractivity contribution in [2.75, 3.05) is 0 Å². The number of nitro benzene ring substituents is 1. The van der Waals surface area contributed by atoms with E-state index in [1.807, 2.05) is 0 Å². The highest BCUT2D eigenvalue weighted by Gasteiger charge is 2.11. The Bertz CT molecular complexity index is 301. The van der Waals surface area contributed by atoms with Gasteiger partial charge in [-0.3, -0.25) is 10.1 Å². The maximum atomic E-state index is 10.2. The summed E-state index contributed by atoms with van der Waals surface area (Å²) >= 11 is 10.9. The van der Waals surface area contributed by atoms with Gasteiger partial charge >= 0.3 is 0 Å². The maximum Gasteiger partial charge on any atom is 0.289 e. The number of hydrogen-bond donors (Lipinski definition) is 0. The number of rotatable bonds is 1. The van der Waals surface area contributed by atoms with Gasteiger partial charge in [-0.15, -0.1) is 0 Å². The molecule has 0 atom stereocenters. The highest BCUT2D eigenvalue weighted by molar-refractivity contribution is 6.34. The van der Waals surface area contributed by atoms with Crippen LogP contribution in [-0.2, 0) is 0 Å². The molecule has 1 aromatic carbocycles. The number of nitrogens with zero attached hydrogens (tertiary/aromatic N) is 1.